The van der Waals surface area contributed by atoms with E-state index < -0.39 is 0 Å². The predicted molar refractivity (Wildman–Crippen MR) is 116 cm³/mol. The number of carbonyl (C=O) groups excluding carboxylic acids is 2. The Morgan fingerprint density at radius 3 is 2.93 bits per heavy atom. The largest absolute Gasteiger partial charge is 0.368 e. The number of fused-ring (bicyclic) bond motifs is 2. The number of carbonyl (C=O) groups is 2. The first-order valence-electron chi connectivity index (χ1n) is 10.3. The topological polar surface area (TPSA) is 71.5 Å². The Balaban J connectivity index is 1.26. The molecule has 1 saturated heterocycles. The van der Waals surface area contributed by atoms with Crippen LogP contribution in [0, 0.1) is 0 Å². The maximum absolute atomic E-state index is 13.0. The minimum atomic E-state index is -0.371. The van der Waals surface area contributed by atoms with Gasteiger partial charge in [0.2, 0.25) is 5.91 Å². The molecule has 0 radical (unpaired) electrons. The monoisotopic (exact) mass is 421 g/mol. The molecule has 2 amide bonds. The van der Waals surface area contributed by atoms with E-state index >= 15 is 0 Å². The van der Waals surface area contributed by atoms with Gasteiger partial charge in [0.25, 0.3) is 5.91 Å². The van der Waals surface area contributed by atoms with E-state index in [1.165, 1.54) is 11.3 Å². The van der Waals surface area contributed by atoms with Gasteiger partial charge in [-0.25, -0.2) is 4.98 Å². The number of nitrogens with zero attached hydrogens (tertiary/aromatic N) is 2. The van der Waals surface area contributed by atoms with E-state index in [9.17, 15) is 9.59 Å². The minimum Gasteiger partial charge on any atom is -0.368 e. The third-order valence-corrected chi connectivity index (χ3v) is 6.76. The van der Waals surface area contributed by atoms with Crippen molar-refractivity contribution in [1.82, 2.24) is 9.88 Å². The van der Waals surface area contributed by atoms with Crippen molar-refractivity contribution in [1.29, 1.82) is 0 Å². The van der Waals surface area contributed by atoms with Crippen LogP contribution in [-0.4, -0.2) is 41.0 Å². The summed E-state index contributed by atoms with van der Waals surface area (Å²) in [4.78, 5) is 32.8. The van der Waals surface area contributed by atoms with Gasteiger partial charge in [0.15, 0.2) is 5.13 Å². The van der Waals surface area contributed by atoms with Gasteiger partial charge in [-0.2, -0.15) is 0 Å². The number of hydrogen-bond acceptors (Lipinski definition) is 5. The van der Waals surface area contributed by atoms with Gasteiger partial charge in [0, 0.05) is 24.4 Å². The summed E-state index contributed by atoms with van der Waals surface area (Å²) in [6, 6.07) is 14.3. The Labute approximate surface area is 178 Å². The van der Waals surface area contributed by atoms with Gasteiger partial charge >= 0.3 is 0 Å². The van der Waals surface area contributed by atoms with Gasteiger partial charge in [-0.05, 0) is 29.2 Å². The van der Waals surface area contributed by atoms with E-state index in [1.54, 1.807) is 0 Å². The zero-order valence-electron chi connectivity index (χ0n) is 16.6. The minimum absolute atomic E-state index is 0.121. The van der Waals surface area contributed by atoms with Gasteiger partial charge in [-0.3, -0.25) is 14.9 Å². The second-order valence-corrected chi connectivity index (χ2v) is 8.84. The Morgan fingerprint density at radius 1 is 1.20 bits per heavy atom. The van der Waals surface area contributed by atoms with E-state index in [0.717, 1.165) is 39.7 Å². The number of ether oxygens (including phenoxy) is 1. The van der Waals surface area contributed by atoms with Crippen LogP contribution in [0.2, 0.25) is 0 Å². The smallest absolute Gasteiger partial charge is 0.255 e. The first-order chi connectivity index (χ1) is 14.7. The number of rotatable bonds is 4. The second-order valence-electron chi connectivity index (χ2n) is 7.76. The van der Waals surface area contributed by atoms with Crippen molar-refractivity contribution >= 4 is 39.1 Å². The van der Waals surface area contributed by atoms with Crippen molar-refractivity contribution in [2.24, 2.45) is 0 Å². The number of hydrogen-bond donors (Lipinski definition) is 1. The summed E-state index contributed by atoms with van der Waals surface area (Å²) in [5.74, 6) is -0.00201. The van der Waals surface area contributed by atoms with Gasteiger partial charge in [0.05, 0.1) is 18.7 Å². The zero-order valence-corrected chi connectivity index (χ0v) is 17.4. The van der Waals surface area contributed by atoms with Gasteiger partial charge < -0.3 is 9.64 Å². The molecular formula is C23H23N3O3S. The van der Waals surface area contributed by atoms with Crippen LogP contribution in [0.15, 0.2) is 42.5 Å². The molecule has 2 aliphatic rings. The molecule has 1 unspecified atom stereocenters. The maximum Gasteiger partial charge on any atom is 0.255 e. The molecule has 0 spiro atoms. The second kappa shape index (κ2) is 8.16. The van der Waals surface area contributed by atoms with Gasteiger partial charge in [-0.1, -0.05) is 53.8 Å². The van der Waals surface area contributed by atoms with Crippen LogP contribution < -0.4 is 5.32 Å². The van der Waals surface area contributed by atoms with Gasteiger partial charge in [-0.15, -0.1) is 0 Å². The summed E-state index contributed by atoms with van der Waals surface area (Å²) in [6.45, 7) is 1.84. The molecule has 3 heterocycles. The average Bonchev–Trinajstić information content (AvgIpc) is 3.43. The lowest BCUT2D eigenvalue weighted by Gasteiger charge is -2.26. The number of benzene rings is 2. The number of anilines is 1. The van der Waals surface area contributed by atoms with E-state index in [0.29, 0.717) is 37.7 Å². The molecule has 2 aromatic carbocycles. The van der Waals surface area contributed by atoms with Crippen LogP contribution in [0.25, 0.3) is 10.8 Å². The molecule has 1 aromatic heterocycles. The van der Waals surface area contributed by atoms with Crippen molar-refractivity contribution in [3.8, 4) is 0 Å². The highest BCUT2D eigenvalue weighted by Crippen LogP contribution is 2.29. The highest BCUT2D eigenvalue weighted by atomic mass is 32.1. The highest BCUT2D eigenvalue weighted by molar-refractivity contribution is 7.15. The molecule has 3 aromatic rings. The van der Waals surface area contributed by atoms with Crippen LogP contribution in [0.3, 0.4) is 0 Å². The fourth-order valence-electron chi connectivity index (χ4n) is 4.15. The Morgan fingerprint density at radius 2 is 2.07 bits per heavy atom. The number of amides is 2. The molecule has 6 nitrogen and oxygen atoms in total. The molecule has 7 heteroatoms. The molecule has 1 N–H and O–H groups in total. The summed E-state index contributed by atoms with van der Waals surface area (Å²) < 4.78 is 5.44. The summed E-state index contributed by atoms with van der Waals surface area (Å²) in [7, 11) is 0. The SMILES string of the molecule is O=C(Nc1nc2c(s1)CN(C(=O)Cc1cccc3ccccc13)CC2)C1CCCO1. The molecule has 30 heavy (non-hydrogen) atoms. The third kappa shape index (κ3) is 3.82. The standard InChI is InChI=1S/C23H23N3O3S/c27-21(13-16-7-3-6-15-5-1-2-8-17(15)16)26-11-10-18-20(14-26)30-23(24-18)25-22(28)19-9-4-12-29-19/h1-3,5-8,19H,4,9-14H2,(H,24,25,28). The van der Waals surface area contributed by atoms with Crippen LogP contribution in [0.4, 0.5) is 5.13 Å². The molecule has 5 rings (SSSR count). The number of thiazole rings is 1. The lowest BCUT2D eigenvalue weighted by atomic mass is 10.0. The van der Waals surface area contributed by atoms with Crippen molar-refractivity contribution in [3.63, 3.8) is 0 Å². The summed E-state index contributed by atoms with van der Waals surface area (Å²) in [6.07, 6.45) is 2.40. The van der Waals surface area contributed by atoms with Crippen molar-refractivity contribution in [2.45, 2.75) is 38.3 Å². The normalized spacial score (nSPS) is 18.4. The van der Waals surface area contributed by atoms with Crippen molar-refractivity contribution in [3.05, 3.63) is 58.6 Å². The first-order valence-corrected chi connectivity index (χ1v) is 11.1. The van der Waals surface area contributed by atoms with Crippen LogP contribution in [0.5, 0.6) is 0 Å². The maximum atomic E-state index is 13.0. The average molecular weight is 422 g/mol. The molecular weight excluding hydrogens is 398 g/mol. The van der Waals surface area contributed by atoms with E-state index in [1.807, 2.05) is 29.2 Å². The van der Waals surface area contributed by atoms with Crippen LogP contribution in [0.1, 0.15) is 29.0 Å². The van der Waals surface area contributed by atoms with E-state index in [2.05, 4.69) is 28.5 Å². The molecule has 2 aliphatic heterocycles. The molecule has 0 bridgehead atoms. The zero-order chi connectivity index (χ0) is 20.5. The quantitative estimate of drug-likeness (QED) is 0.699. The first kappa shape index (κ1) is 19.2. The third-order valence-electron chi connectivity index (χ3n) is 5.76. The van der Waals surface area contributed by atoms with Gasteiger partial charge in [0.1, 0.15) is 6.10 Å². The summed E-state index contributed by atoms with van der Waals surface area (Å²) in [5.41, 5.74) is 2.04. The van der Waals surface area contributed by atoms with Crippen LogP contribution >= 0.6 is 11.3 Å². The highest BCUT2D eigenvalue weighted by Gasteiger charge is 2.27. The van der Waals surface area contributed by atoms with E-state index in [-0.39, 0.29) is 17.9 Å². The Hall–Kier alpha value is -2.77. The summed E-state index contributed by atoms with van der Waals surface area (Å²) in [5, 5.41) is 5.76. The lowest BCUT2D eigenvalue weighted by molar-refractivity contribution is -0.131. The molecule has 1 fully saturated rings. The fraction of sp³-hybridized carbons (Fsp3) is 0.348. The Bertz CT molecular complexity index is 1100. The fourth-order valence-corrected chi connectivity index (χ4v) is 5.18. The molecule has 0 saturated carbocycles. The lowest BCUT2D eigenvalue weighted by Crippen LogP contribution is -2.36. The van der Waals surface area contributed by atoms with Crippen molar-refractivity contribution < 1.29 is 14.3 Å². The molecule has 1 atom stereocenters. The predicted octanol–water partition coefficient (Wildman–Crippen LogP) is 3.54. The number of nitrogens with one attached hydrogen (secondary N) is 1. The Kier molecular flexibility index (Phi) is 5.23. The molecule has 0 aliphatic carbocycles. The number of aromatic nitrogens is 1. The van der Waals surface area contributed by atoms with Crippen LogP contribution in [-0.2, 0) is 33.7 Å². The summed E-state index contributed by atoms with van der Waals surface area (Å²) >= 11 is 1.46. The molecule has 154 valence electrons. The van der Waals surface area contributed by atoms with E-state index in [4.69, 9.17) is 4.74 Å². The van der Waals surface area contributed by atoms with Crippen molar-refractivity contribution in [2.75, 3.05) is 18.5 Å².